The molecule has 0 bridgehead atoms. The van der Waals surface area contributed by atoms with Crippen molar-refractivity contribution in [3.63, 3.8) is 0 Å². The molecule has 0 unspecified atom stereocenters. The summed E-state index contributed by atoms with van der Waals surface area (Å²) < 4.78 is 36.6. The molecule has 7 heteroatoms. The van der Waals surface area contributed by atoms with Gasteiger partial charge in [-0.3, -0.25) is 0 Å². The average Bonchev–Trinajstić information content (AvgIpc) is 2.35. The molecule has 0 aliphatic carbocycles. The monoisotopic (exact) mass is 276 g/mol. The van der Waals surface area contributed by atoms with Crippen molar-refractivity contribution in [1.29, 1.82) is 0 Å². The molecule has 0 saturated heterocycles. The van der Waals surface area contributed by atoms with Gasteiger partial charge < -0.3 is 10.2 Å². The molecular weight excluding hydrogens is 257 g/mol. The lowest BCUT2D eigenvalue weighted by Crippen LogP contribution is -2.25. The summed E-state index contributed by atoms with van der Waals surface area (Å²) in [4.78, 5) is 10.00. The third kappa shape index (κ3) is 5.32. The number of anilines is 2. The lowest BCUT2D eigenvalue weighted by molar-refractivity contribution is -0.132. The molecule has 0 aromatic carbocycles. The molecule has 0 radical (unpaired) electrons. The van der Waals surface area contributed by atoms with Gasteiger partial charge in [0.05, 0.1) is 6.42 Å². The summed E-state index contributed by atoms with van der Waals surface area (Å²) in [5.41, 5.74) is 0. The number of alkyl halides is 3. The van der Waals surface area contributed by atoms with Crippen LogP contribution in [-0.2, 0) is 6.42 Å². The van der Waals surface area contributed by atoms with Crippen LogP contribution in [0.3, 0.4) is 0 Å². The van der Waals surface area contributed by atoms with E-state index in [-0.39, 0.29) is 6.54 Å². The number of halogens is 3. The Morgan fingerprint density at radius 3 is 2.47 bits per heavy atom. The molecule has 4 nitrogen and oxygen atoms in total. The molecule has 1 N–H and O–H groups in total. The molecule has 108 valence electrons. The molecule has 0 saturated carbocycles. The van der Waals surface area contributed by atoms with Gasteiger partial charge >= 0.3 is 6.18 Å². The Hall–Kier alpha value is -1.53. The number of hydrogen-bond acceptors (Lipinski definition) is 4. The quantitative estimate of drug-likeness (QED) is 0.867. The van der Waals surface area contributed by atoms with Crippen LogP contribution in [0.25, 0.3) is 0 Å². The molecule has 0 aliphatic heterocycles. The fourth-order valence-corrected chi connectivity index (χ4v) is 1.52. The molecule has 0 aliphatic rings. The normalized spacial score (nSPS) is 11.5. The van der Waals surface area contributed by atoms with E-state index in [9.17, 15) is 13.2 Å². The van der Waals surface area contributed by atoms with Crippen LogP contribution in [0, 0.1) is 0 Å². The van der Waals surface area contributed by atoms with Gasteiger partial charge in [0.2, 0.25) is 0 Å². The smallest absolute Gasteiger partial charge is 0.370 e. The SMILES string of the molecule is CCNc1cc(N(C)CCC(F)(F)F)nc(CC)n1. The van der Waals surface area contributed by atoms with E-state index in [1.165, 1.54) is 4.90 Å². The van der Waals surface area contributed by atoms with Crippen LogP contribution in [0.1, 0.15) is 26.1 Å². The summed E-state index contributed by atoms with van der Waals surface area (Å²) in [6.07, 6.45) is -4.37. The fourth-order valence-electron chi connectivity index (χ4n) is 1.52. The Morgan fingerprint density at radius 2 is 1.95 bits per heavy atom. The van der Waals surface area contributed by atoms with Gasteiger partial charge in [-0.05, 0) is 6.92 Å². The van der Waals surface area contributed by atoms with Crippen molar-refractivity contribution in [2.75, 3.05) is 30.4 Å². The highest BCUT2D eigenvalue weighted by molar-refractivity contribution is 5.49. The van der Waals surface area contributed by atoms with Crippen molar-refractivity contribution in [2.45, 2.75) is 32.9 Å². The maximum absolute atomic E-state index is 12.2. The highest BCUT2D eigenvalue weighted by Gasteiger charge is 2.27. The first-order valence-corrected chi connectivity index (χ1v) is 6.25. The van der Waals surface area contributed by atoms with E-state index >= 15 is 0 Å². The van der Waals surface area contributed by atoms with Crippen molar-refractivity contribution in [3.8, 4) is 0 Å². The Bertz CT molecular complexity index is 406. The van der Waals surface area contributed by atoms with Crippen LogP contribution in [-0.4, -0.2) is 36.3 Å². The highest BCUT2D eigenvalue weighted by Crippen LogP contribution is 2.22. The third-order valence-electron chi connectivity index (χ3n) is 2.55. The number of nitrogens with one attached hydrogen (secondary N) is 1. The predicted octanol–water partition coefficient (Wildman–Crippen LogP) is 2.86. The number of rotatable bonds is 6. The van der Waals surface area contributed by atoms with Gasteiger partial charge in [-0.1, -0.05) is 6.92 Å². The fraction of sp³-hybridized carbons (Fsp3) is 0.667. The van der Waals surface area contributed by atoms with Crippen molar-refractivity contribution < 1.29 is 13.2 Å². The largest absolute Gasteiger partial charge is 0.390 e. The predicted molar refractivity (Wildman–Crippen MR) is 69.5 cm³/mol. The number of aryl methyl sites for hydroxylation is 1. The topological polar surface area (TPSA) is 41.0 Å². The van der Waals surface area contributed by atoms with E-state index in [4.69, 9.17) is 0 Å². The van der Waals surface area contributed by atoms with Gasteiger partial charge in [0.1, 0.15) is 17.5 Å². The van der Waals surface area contributed by atoms with Crippen LogP contribution in [0.15, 0.2) is 6.07 Å². The van der Waals surface area contributed by atoms with Crippen LogP contribution >= 0.6 is 0 Å². The van der Waals surface area contributed by atoms with E-state index in [2.05, 4.69) is 15.3 Å². The first kappa shape index (κ1) is 15.5. The summed E-state index contributed by atoms with van der Waals surface area (Å²) >= 11 is 0. The van der Waals surface area contributed by atoms with Crippen LogP contribution in [0.2, 0.25) is 0 Å². The lowest BCUT2D eigenvalue weighted by atomic mass is 10.3. The minimum atomic E-state index is -4.15. The van der Waals surface area contributed by atoms with Crippen LogP contribution in [0.5, 0.6) is 0 Å². The number of hydrogen-bond donors (Lipinski definition) is 1. The Morgan fingerprint density at radius 1 is 1.26 bits per heavy atom. The Balaban J connectivity index is 2.82. The molecule has 0 atom stereocenters. The Labute approximate surface area is 111 Å². The van der Waals surface area contributed by atoms with Gasteiger partial charge in [0.15, 0.2) is 0 Å². The average molecular weight is 276 g/mol. The lowest BCUT2D eigenvalue weighted by Gasteiger charge is -2.20. The maximum atomic E-state index is 12.2. The number of aromatic nitrogens is 2. The maximum Gasteiger partial charge on any atom is 0.390 e. The molecule has 0 amide bonds. The van der Waals surface area contributed by atoms with Crippen molar-refractivity contribution >= 4 is 11.6 Å². The van der Waals surface area contributed by atoms with Crippen LogP contribution < -0.4 is 10.2 Å². The summed E-state index contributed by atoms with van der Waals surface area (Å²) in [6, 6.07) is 1.67. The van der Waals surface area contributed by atoms with Gasteiger partial charge in [-0.25, -0.2) is 9.97 Å². The van der Waals surface area contributed by atoms with E-state index in [1.807, 2.05) is 13.8 Å². The second-order valence-electron chi connectivity index (χ2n) is 4.20. The molecular formula is C12H19F3N4. The molecule has 1 aromatic heterocycles. The minimum absolute atomic E-state index is 0.116. The van der Waals surface area contributed by atoms with Crippen LogP contribution in [0.4, 0.5) is 24.8 Å². The van der Waals surface area contributed by atoms with Gasteiger partial charge in [-0.2, -0.15) is 13.2 Å². The molecule has 19 heavy (non-hydrogen) atoms. The summed E-state index contributed by atoms with van der Waals surface area (Å²) in [7, 11) is 1.60. The Kier molecular flexibility index (Phi) is 5.38. The number of nitrogens with zero attached hydrogens (tertiary/aromatic N) is 3. The second-order valence-corrected chi connectivity index (χ2v) is 4.20. The third-order valence-corrected chi connectivity index (χ3v) is 2.55. The van der Waals surface area contributed by atoms with Gasteiger partial charge in [0, 0.05) is 32.6 Å². The van der Waals surface area contributed by atoms with E-state index in [1.54, 1.807) is 13.1 Å². The van der Waals surface area contributed by atoms with Crippen molar-refractivity contribution in [1.82, 2.24) is 9.97 Å². The summed E-state index contributed by atoms with van der Waals surface area (Å²) in [5.74, 6) is 1.77. The van der Waals surface area contributed by atoms with Gasteiger partial charge in [0.25, 0.3) is 0 Å². The summed E-state index contributed by atoms with van der Waals surface area (Å²) in [5, 5.41) is 3.05. The molecule has 0 fully saturated rings. The summed E-state index contributed by atoms with van der Waals surface area (Å²) in [6.45, 7) is 4.42. The first-order valence-electron chi connectivity index (χ1n) is 6.25. The zero-order valence-corrected chi connectivity index (χ0v) is 11.4. The molecule has 1 rings (SSSR count). The zero-order valence-electron chi connectivity index (χ0n) is 11.4. The first-order chi connectivity index (χ1) is 8.85. The molecule has 1 heterocycles. The molecule has 1 aromatic rings. The van der Waals surface area contributed by atoms with Gasteiger partial charge in [-0.15, -0.1) is 0 Å². The zero-order chi connectivity index (χ0) is 14.5. The van der Waals surface area contributed by atoms with Crippen molar-refractivity contribution in [3.05, 3.63) is 11.9 Å². The van der Waals surface area contributed by atoms with Crippen molar-refractivity contribution in [2.24, 2.45) is 0 Å². The standard InChI is InChI=1S/C12H19F3N4/c1-4-9-17-10(16-5-2)8-11(18-9)19(3)7-6-12(13,14)15/h8H,4-7H2,1-3H3,(H,16,17,18). The molecule has 0 spiro atoms. The van der Waals surface area contributed by atoms with E-state index in [0.717, 1.165) is 0 Å². The van der Waals surface area contributed by atoms with E-state index in [0.29, 0.717) is 30.4 Å². The van der Waals surface area contributed by atoms with E-state index < -0.39 is 12.6 Å². The minimum Gasteiger partial charge on any atom is -0.370 e. The second kappa shape index (κ2) is 6.58. The highest BCUT2D eigenvalue weighted by atomic mass is 19.4.